The highest BCUT2D eigenvalue weighted by Crippen LogP contribution is 2.23. The molecule has 0 saturated heterocycles. The van der Waals surface area contributed by atoms with Crippen LogP contribution in [0.2, 0.25) is 10.0 Å². The summed E-state index contributed by atoms with van der Waals surface area (Å²) in [5.74, 6) is -0.444. The van der Waals surface area contributed by atoms with Gasteiger partial charge in [-0.25, -0.2) is 0 Å². The SMILES string of the molecule is C[C@@H](NC(=O)c1ccccc1NC(=O)CCc1ccc(Cl)cc1Cl)c1ccccc1. The Balaban J connectivity index is 1.64. The van der Waals surface area contributed by atoms with Gasteiger partial charge in [-0.1, -0.05) is 71.7 Å². The summed E-state index contributed by atoms with van der Waals surface area (Å²) < 4.78 is 0. The van der Waals surface area contributed by atoms with Crippen molar-refractivity contribution in [3.05, 3.63) is 99.5 Å². The fourth-order valence-electron chi connectivity index (χ4n) is 3.07. The van der Waals surface area contributed by atoms with Gasteiger partial charge in [0.1, 0.15) is 0 Å². The third kappa shape index (κ3) is 5.85. The van der Waals surface area contributed by atoms with Crippen molar-refractivity contribution in [3.63, 3.8) is 0 Å². The lowest BCUT2D eigenvalue weighted by Crippen LogP contribution is -2.28. The zero-order valence-corrected chi connectivity index (χ0v) is 18.0. The van der Waals surface area contributed by atoms with Crippen LogP contribution >= 0.6 is 23.2 Å². The number of carbonyl (C=O) groups is 2. The Hall–Kier alpha value is -2.82. The van der Waals surface area contributed by atoms with Crippen LogP contribution in [0.5, 0.6) is 0 Å². The summed E-state index contributed by atoms with van der Waals surface area (Å²) in [6, 6.07) is 21.7. The number of benzene rings is 3. The normalized spacial score (nSPS) is 11.6. The largest absolute Gasteiger partial charge is 0.345 e. The first-order chi connectivity index (χ1) is 14.4. The number of aryl methyl sites for hydroxylation is 1. The Morgan fingerprint density at radius 3 is 2.37 bits per heavy atom. The second-order valence-corrected chi connectivity index (χ2v) is 7.78. The second-order valence-electron chi connectivity index (χ2n) is 6.94. The van der Waals surface area contributed by atoms with Crippen LogP contribution in [-0.4, -0.2) is 11.8 Å². The number of hydrogen-bond donors (Lipinski definition) is 2. The molecule has 2 amide bonds. The van der Waals surface area contributed by atoms with E-state index in [1.54, 1.807) is 36.4 Å². The smallest absolute Gasteiger partial charge is 0.253 e. The summed E-state index contributed by atoms with van der Waals surface area (Å²) in [5, 5.41) is 6.90. The number of nitrogens with one attached hydrogen (secondary N) is 2. The summed E-state index contributed by atoms with van der Waals surface area (Å²) in [4.78, 5) is 25.3. The van der Waals surface area contributed by atoms with Crippen LogP contribution < -0.4 is 10.6 Å². The molecule has 0 radical (unpaired) electrons. The summed E-state index contributed by atoms with van der Waals surface area (Å²) >= 11 is 12.1. The van der Waals surface area contributed by atoms with E-state index >= 15 is 0 Å². The summed E-state index contributed by atoms with van der Waals surface area (Å²) in [5.41, 5.74) is 2.74. The highest BCUT2D eigenvalue weighted by molar-refractivity contribution is 6.35. The molecule has 1 atom stereocenters. The molecule has 0 aliphatic rings. The Morgan fingerprint density at radius 2 is 1.63 bits per heavy atom. The van der Waals surface area contributed by atoms with Gasteiger partial charge in [-0.3, -0.25) is 9.59 Å². The molecule has 0 aromatic heterocycles. The molecule has 2 N–H and O–H groups in total. The molecule has 0 spiro atoms. The quantitative estimate of drug-likeness (QED) is 0.469. The van der Waals surface area contributed by atoms with Crippen LogP contribution in [0, 0.1) is 0 Å². The molecule has 30 heavy (non-hydrogen) atoms. The third-order valence-corrected chi connectivity index (χ3v) is 5.32. The standard InChI is InChI=1S/C24H22Cl2N2O2/c1-16(17-7-3-2-4-8-17)27-24(30)20-9-5-6-10-22(20)28-23(29)14-12-18-11-13-19(25)15-21(18)26/h2-11,13,15-16H,12,14H2,1H3,(H,27,30)(H,28,29)/t16-/m1/s1. The molecular weight excluding hydrogens is 419 g/mol. The molecule has 154 valence electrons. The average Bonchev–Trinajstić information content (AvgIpc) is 2.74. The Labute approximate surface area is 186 Å². The Kier molecular flexibility index (Phi) is 7.50. The minimum atomic E-state index is -0.247. The number of rotatable bonds is 7. The van der Waals surface area contributed by atoms with Crippen LogP contribution in [0.1, 0.15) is 40.9 Å². The molecular formula is C24H22Cl2N2O2. The number of anilines is 1. The predicted octanol–water partition coefficient (Wildman–Crippen LogP) is 6.06. The number of amides is 2. The van der Waals surface area contributed by atoms with Crippen molar-refractivity contribution in [3.8, 4) is 0 Å². The molecule has 0 saturated carbocycles. The van der Waals surface area contributed by atoms with E-state index in [1.807, 2.05) is 43.3 Å². The van der Waals surface area contributed by atoms with E-state index in [1.165, 1.54) is 0 Å². The highest BCUT2D eigenvalue weighted by atomic mass is 35.5. The van der Waals surface area contributed by atoms with E-state index in [0.717, 1.165) is 11.1 Å². The van der Waals surface area contributed by atoms with E-state index < -0.39 is 0 Å². The van der Waals surface area contributed by atoms with Crippen molar-refractivity contribution in [2.24, 2.45) is 0 Å². The van der Waals surface area contributed by atoms with Crippen molar-refractivity contribution >= 4 is 40.7 Å². The van der Waals surface area contributed by atoms with E-state index in [9.17, 15) is 9.59 Å². The molecule has 3 rings (SSSR count). The zero-order valence-electron chi connectivity index (χ0n) is 16.5. The lowest BCUT2D eigenvalue weighted by Gasteiger charge is -2.16. The molecule has 0 bridgehead atoms. The lowest BCUT2D eigenvalue weighted by molar-refractivity contribution is -0.116. The Morgan fingerprint density at radius 1 is 0.933 bits per heavy atom. The maximum Gasteiger partial charge on any atom is 0.253 e. The van der Waals surface area contributed by atoms with Gasteiger partial charge in [0.05, 0.1) is 17.3 Å². The monoisotopic (exact) mass is 440 g/mol. The van der Waals surface area contributed by atoms with Gasteiger partial charge in [-0.2, -0.15) is 0 Å². The van der Waals surface area contributed by atoms with E-state index in [2.05, 4.69) is 10.6 Å². The van der Waals surface area contributed by atoms with Gasteiger partial charge in [0.2, 0.25) is 5.91 Å². The molecule has 4 nitrogen and oxygen atoms in total. The Bertz CT molecular complexity index is 1040. The van der Waals surface area contributed by atoms with Crippen molar-refractivity contribution < 1.29 is 9.59 Å². The second kappa shape index (κ2) is 10.3. The molecule has 3 aromatic carbocycles. The van der Waals surface area contributed by atoms with Crippen LogP contribution in [0.3, 0.4) is 0 Å². The average molecular weight is 441 g/mol. The molecule has 6 heteroatoms. The highest BCUT2D eigenvalue weighted by Gasteiger charge is 2.16. The first kappa shape index (κ1) is 21.9. The van der Waals surface area contributed by atoms with Gasteiger partial charge in [-0.05, 0) is 48.7 Å². The van der Waals surface area contributed by atoms with Gasteiger partial charge in [0.25, 0.3) is 5.91 Å². The van der Waals surface area contributed by atoms with Crippen LogP contribution in [0.15, 0.2) is 72.8 Å². The molecule has 3 aromatic rings. The molecule has 0 aliphatic carbocycles. The van der Waals surface area contributed by atoms with E-state index in [0.29, 0.717) is 27.7 Å². The fraction of sp³-hybridized carbons (Fsp3) is 0.167. The minimum Gasteiger partial charge on any atom is -0.345 e. The van der Waals surface area contributed by atoms with Crippen molar-refractivity contribution in [2.45, 2.75) is 25.8 Å². The first-order valence-corrected chi connectivity index (χ1v) is 10.4. The predicted molar refractivity (Wildman–Crippen MR) is 122 cm³/mol. The van der Waals surface area contributed by atoms with Gasteiger partial charge in [-0.15, -0.1) is 0 Å². The third-order valence-electron chi connectivity index (χ3n) is 4.73. The van der Waals surface area contributed by atoms with E-state index in [4.69, 9.17) is 23.2 Å². The van der Waals surface area contributed by atoms with Crippen LogP contribution in [0.4, 0.5) is 5.69 Å². The van der Waals surface area contributed by atoms with Gasteiger partial charge < -0.3 is 10.6 Å². The van der Waals surface area contributed by atoms with Crippen molar-refractivity contribution in [1.29, 1.82) is 0 Å². The maximum atomic E-state index is 12.8. The molecule has 0 heterocycles. The number of carbonyl (C=O) groups excluding carboxylic acids is 2. The van der Waals surface area contributed by atoms with Crippen molar-refractivity contribution in [1.82, 2.24) is 5.32 Å². The first-order valence-electron chi connectivity index (χ1n) is 9.62. The number of halogens is 2. The van der Waals surface area contributed by atoms with Gasteiger partial charge in [0.15, 0.2) is 0 Å². The van der Waals surface area contributed by atoms with Crippen LogP contribution in [-0.2, 0) is 11.2 Å². The van der Waals surface area contributed by atoms with Gasteiger partial charge >= 0.3 is 0 Å². The fourth-order valence-corrected chi connectivity index (χ4v) is 3.58. The van der Waals surface area contributed by atoms with E-state index in [-0.39, 0.29) is 24.3 Å². The summed E-state index contributed by atoms with van der Waals surface area (Å²) in [6.45, 7) is 1.92. The lowest BCUT2D eigenvalue weighted by atomic mass is 10.1. The maximum absolute atomic E-state index is 12.8. The number of para-hydroxylation sites is 1. The summed E-state index contributed by atoms with van der Waals surface area (Å²) in [7, 11) is 0. The van der Waals surface area contributed by atoms with Crippen LogP contribution in [0.25, 0.3) is 0 Å². The topological polar surface area (TPSA) is 58.2 Å². The minimum absolute atomic E-state index is 0.158. The molecule has 0 unspecified atom stereocenters. The van der Waals surface area contributed by atoms with Crippen molar-refractivity contribution in [2.75, 3.05) is 5.32 Å². The zero-order chi connectivity index (χ0) is 21.5. The molecule has 0 aliphatic heterocycles. The summed E-state index contributed by atoms with van der Waals surface area (Å²) in [6.07, 6.45) is 0.707. The molecule has 0 fully saturated rings. The van der Waals surface area contributed by atoms with Gasteiger partial charge in [0, 0.05) is 16.5 Å². The number of hydrogen-bond acceptors (Lipinski definition) is 2.